The highest BCUT2D eigenvalue weighted by Crippen LogP contribution is 2.24. The van der Waals surface area contributed by atoms with Gasteiger partial charge in [-0.25, -0.2) is 4.98 Å². The lowest BCUT2D eigenvalue weighted by molar-refractivity contribution is 0.0645. The second-order valence-corrected chi connectivity index (χ2v) is 7.43. The fraction of sp³-hybridized carbons (Fsp3) is 0.722. The van der Waals surface area contributed by atoms with Crippen LogP contribution in [-0.2, 0) is 13.0 Å². The van der Waals surface area contributed by atoms with E-state index in [4.69, 9.17) is 0 Å². The average molecular weight is 345 g/mol. The largest absolute Gasteiger partial charge is 0.337 e. The Hall–Kier alpha value is -1.89. The Morgan fingerprint density at radius 1 is 0.800 bits per heavy atom. The van der Waals surface area contributed by atoms with Crippen LogP contribution in [-0.4, -0.2) is 82.4 Å². The highest BCUT2D eigenvalue weighted by atomic mass is 16.2. The first kappa shape index (κ1) is 16.6. The Bertz CT molecular complexity index is 669. The van der Waals surface area contributed by atoms with Crippen LogP contribution in [0.15, 0.2) is 0 Å². The summed E-state index contributed by atoms with van der Waals surface area (Å²) in [7, 11) is 2.08. The van der Waals surface area contributed by atoms with E-state index in [1.54, 1.807) is 0 Å². The number of hydrogen-bond acceptors (Lipinski definition) is 4. The molecule has 1 aromatic rings. The number of amides is 2. The van der Waals surface area contributed by atoms with Gasteiger partial charge < -0.3 is 19.3 Å². The molecule has 0 unspecified atom stereocenters. The first-order valence-electron chi connectivity index (χ1n) is 9.51. The average Bonchev–Trinajstić information content (AvgIpc) is 3.29. The Morgan fingerprint density at radius 3 is 2.16 bits per heavy atom. The van der Waals surface area contributed by atoms with E-state index < -0.39 is 0 Å². The summed E-state index contributed by atoms with van der Waals surface area (Å²) in [6.07, 6.45) is 5.08. The molecule has 0 N–H and O–H groups in total. The van der Waals surface area contributed by atoms with Crippen molar-refractivity contribution >= 4 is 11.8 Å². The van der Waals surface area contributed by atoms with Gasteiger partial charge in [0.05, 0.1) is 5.69 Å². The molecule has 1 aromatic heterocycles. The number of carbonyl (C=O) groups excluding carboxylic acids is 2. The molecule has 3 aliphatic rings. The number of nitrogens with zero attached hydrogens (tertiary/aromatic N) is 5. The Balaban J connectivity index is 1.63. The lowest BCUT2D eigenvalue weighted by atomic mass is 10.1. The van der Waals surface area contributed by atoms with E-state index >= 15 is 0 Å². The SMILES string of the molecule is CN1CCN(C(=O)c2nc(C(=O)N3CCCC3)c3n2CCCC3)CC1. The Morgan fingerprint density at radius 2 is 1.44 bits per heavy atom. The van der Waals surface area contributed by atoms with Crippen molar-refractivity contribution < 1.29 is 9.59 Å². The Labute approximate surface area is 148 Å². The molecule has 0 radical (unpaired) electrons. The van der Waals surface area contributed by atoms with Gasteiger partial charge in [-0.05, 0) is 39.2 Å². The molecule has 7 nitrogen and oxygen atoms in total. The Kier molecular flexibility index (Phi) is 4.50. The minimum atomic E-state index is -0.0169. The van der Waals surface area contributed by atoms with Crippen LogP contribution in [0.2, 0.25) is 0 Å². The van der Waals surface area contributed by atoms with Crippen LogP contribution in [0.3, 0.4) is 0 Å². The van der Waals surface area contributed by atoms with E-state index in [0.29, 0.717) is 11.5 Å². The quantitative estimate of drug-likeness (QED) is 0.797. The summed E-state index contributed by atoms with van der Waals surface area (Å²) in [5, 5.41) is 0. The molecular formula is C18H27N5O2. The number of aromatic nitrogens is 2. The summed E-state index contributed by atoms with van der Waals surface area (Å²) in [4.78, 5) is 36.5. The van der Waals surface area contributed by atoms with Gasteiger partial charge in [-0.3, -0.25) is 9.59 Å². The molecule has 2 saturated heterocycles. The van der Waals surface area contributed by atoms with Crippen LogP contribution in [0.4, 0.5) is 0 Å². The highest BCUT2D eigenvalue weighted by molar-refractivity contribution is 5.97. The number of rotatable bonds is 2. The molecule has 136 valence electrons. The number of carbonyl (C=O) groups is 2. The zero-order valence-electron chi connectivity index (χ0n) is 15.0. The zero-order valence-corrected chi connectivity index (χ0v) is 15.0. The maximum atomic E-state index is 13.0. The minimum Gasteiger partial charge on any atom is -0.337 e. The molecule has 0 aliphatic carbocycles. The standard InChI is InChI=1S/C18H27N5O2/c1-20-10-12-22(13-11-20)18(25)16-19-15(14-6-2-3-9-23(14)16)17(24)21-7-4-5-8-21/h2-13H2,1H3. The van der Waals surface area contributed by atoms with Gasteiger partial charge in [-0.1, -0.05) is 0 Å². The molecule has 0 atom stereocenters. The summed E-state index contributed by atoms with van der Waals surface area (Å²) in [6.45, 7) is 5.65. The number of fused-ring (bicyclic) bond motifs is 1. The van der Waals surface area contributed by atoms with Crippen molar-refractivity contribution in [1.82, 2.24) is 24.3 Å². The molecule has 25 heavy (non-hydrogen) atoms. The number of piperazine rings is 1. The summed E-state index contributed by atoms with van der Waals surface area (Å²) in [5.74, 6) is 0.471. The number of likely N-dealkylation sites (N-methyl/N-ethyl adjacent to an activating group) is 1. The number of likely N-dealkylation sites (tertiary alicyclic amines) is 1. The lowest BCUT2D eigenvalue weighted by Gasteiger charge is -2.32. The van der Waals surface area contributed by atoms with Gasteiger partial charge in [0.1, 0.15) is 5.69 Å². The predicted molar refractivity (Wildman–Crippen MR) is 93.7 cm³/mol. The van der Waals surface area contributed by atoms with Crippen LogP contribution in [0, 0.1) is 0 Å². The molecule has 0 aromatic carbocycles. The minimum absolute atomic E-state index is 0.0144. The van der Waals surface area contributed by atoms with Gasteiger partial charge in [0.2, 0.25) is 0 Å². The second kappa shape index (κ2) is 6.78. The van der Waals surface area contributed by atoms with Gasteiger partial charge in [0, 0.05) is 45.8 Å². The smallest absolute Gasteiger partial charge is 0.289 e. The van der Waals surface area contributed by atoms with Crippen molar-refractivity contribution in [2.45, 2.75) is 38.6 Å². The highest BCUT2D eigenvalue weighted by Gasteiger charge is 2.32. The molecule has 4 rings (SSSR count). The van der Waals surface area contributed by atoms with E-state index in [1.807, 2.05) is 14.4 Å². The summed E-state index contributed by atoms with van der Waals surface area (Å²) in [5.41, 5.74) is 1.50. The monoisotopic (exact) mass is 345 g/mol. The fourth-order valence-corrected chi connectivity index (χ4v) is 4.10. The number of hydrogen-bond donors (Lipinski definition) is 0. The lowest BCUT2D eigenvalue weighted by Crippen LogP contribution is -2.47. The van der Waals surface area contributed by atoms with Crippen molar-refractivity contribution in [2.75, 3.05) is 46.3 Å². The van der Waals surface area contributed by atoms with Gasteiger partial charge in [0.15, 0.2) is 5.82 Å². The summed E-state index contributed by atoms with van der Waals surface area (Å²) in [6, 6.07) is 0. The van der Waals surface area contributed by atoms with E-state index in [-0.39, 0.29) is 11.8 Å². The van der Waals surface area contributed by atoms with Gasteiger partial charge in [-0.15, -0.1) is 0 Å². The third-order valence-electron chi connectivity index (χ3n) is 5.70. The van der Waals surface area contributed by atoms with Crippen LogP contribution in [0.25, 0.3) is 0 Å². The number of imidazole rings is 1. The molecule has 0 bridgehead atoms. The fourth-order valence-electron chi connectivity index (χ4n) is 4.10. The molecule has 2 amide bonds. The van der Waals surface area contributed by atoms with Crippen molar-refractivity contribution in [3.63, 3.8) is 0 Å². The predicted octanol–water partition coefficient (Wildman–Crippen LogP) is 0.843. The summed E-state index contributed by atoms with van der Waals surface area (Å²) < 4.78 is 2.02. The zero-order chi connectivity index (χ0) is 17.4. The molecule has 2 fully saturated rings. The van der Waals surface area contributed by atoms with E-state index in [2.05, 4.69) is 16.9 Å². The van der Waals surface area contributed by atoms with Gasteiger partial charge >= 0.3 is 0 Å². The first-order valence-corrected chi connectivity index (χ1v) is 9.51. The van der Waals surface area contributed by atoms with Crippen LogP contribution >= 0.6 is 0 Å². The van der Waals surface area contributed by atoms with Crippen molar-refractivity contribution in [3.8, 4) is 0 Å². The van der Waals surface area contributed by atoms with Crippen LogP contribution in [0.5, 0.6) is 0 Å². The maximum absolute atomic E-state index is 13.0. The van der Waals surface area contributed by atoms with Crippen molar-refractivity contribution in [2.24, 2.45) is 0 Å². The first-order chi connectivity index (χ1) is 12.1. The second-order valence-electron chi connectivity index (χ2n) is 7.43. The maximum Gasteiger partial charge on any atom is 0.289 e. The molecule has 3 aliphatic heterocycles. The van der Waals surface area contributed by atoms with Crippen LogP contribution in [0.1, 0.15) is 52.5 Å². The van der Waals surface area contributed by atoms with Crippen LogP contribution < -0.4 is 0 Å². The molecule has 0 saturated carbocycles. The van der Waals surface area contributed by atoms with Gasteiger partial charge in [0.25, 0.3) is 11.8 Å². The molecule has 0 spiro atoms. The molecule has 7 heteroatoms. The topological polar surface area (TPSA) is 61.7 Å². The van der Waals surface area contributed by atoms with E-state index in [0.717, 1.165) is 83.6 Å². The van der Waals surface area contributed by atoms with Crippen molar-refractivity contribution in [3.05, 3.63) is 17.2 Å². The van der Waals surface area contributed by atoms with E-state index in [9.17, 15) is 9.59 Å². The third kappa shape index (κ3) is 3.05. The van der Waals surface area contributed by atoms with Gasteiger partial charge in [-0.2, -0.15) is 0 Å². The van der Waals surface area contributed by atoms with E-state index in [1.165, 1.54) is 0 Å². The summed E-state index contributed by atoms with van der Waals surface area (Å²) >= 11 is 0. The molecule has 4 heterocycles. The van der Waals surface area contributed by atoms with Crippen molar-refractivity contribution in [1.29, 1.82) is 0 Å². The third-order valence-corrected chi connectivity index (χ3v) is 5.70. The molecular weight excluding hydrogens is 318 g/mol. The normalized spacial score (nSPS) is 21.5.